The normalized spacial score (nSPS) is 15.0. The van der Waals surface area contributed by atoms with Crippen molar-refractivity contribution in [1.29, 1.82) is 0 Å². The Hall–Kier alpha value is -2.33. The highest BCUT2D eigenvalue weighted by molar-refractivity contribution is 7.22. The summed E-state index contributed by atoms with van der Waals surface area (Å²) in [6, 6.07) is 12.2. The molecule has 0 atom stereocenters. The maximum Gasteiger partial charge on any atom is 0.188 e. The highest BCUT2D eigenvalue weighted by Gasteiger charge is 2.27. The minimum Gasteiger partial charge on any atom is -0.494 e. The molecule has 0 radical (unpaired) electrons. The van der Waals surface area contributed by atoms with Gasteiger partial charge in [0.15, 0.2) is 10.3 Å². The predicted molar refractivity (Wildman–Crippen MR) is 139 cm³/mol. The predicted octanol–water partition coefficient (Wildman–Crippen LogP) is 5.44. The Kier molecular flexibility index (Phi) is 6.73. The van der Waals surface area contributed by atoms with E-state index in [0.29, 0.717) is 19.1 Å². The molecule has 1 aliphatic heterocycles. The van der Waals surface area contributed by atoms with Gasteiger partial charge >= 0.3 is 0 Å². The van der Waals surface area contributed by atoms with Crippen molar-refractivity contribution in [3.8, 4) is 11.5 Å². The number of hydrogen-bond donors (Lipinski definition) is 0. The SMILES string of the molecule is CCOc1ccc2nc(N3CN(CCCl)CN(c4nc5ccc(OCC)cc5s4)C3)sc2c1. The molecule has 4 aromatic rings. The minimum atomic E-state index is 0.580. The van der Waals surface area contributed by atoms with E-state index < -0.39 is 0 Å². The molecule has 0 aliphatic carbocycles. The summed E-state index contributed by atoms with van der Waals surface area (Å²) < 4.78 is 13.6. The van der Waals surface area contributed by atoms with Gasteiger partial charge in [0.1, 0.15) is 11.5 Å². The Bertz CT molecular complexity index is 1150. The monoisotopic (exact) mass is 503 g/mol. The number of anilines is 2. The van der Waals surface area contributed by atoms with Crippen molar-refractivity contribution >= 4 is 65.0 Å². The van der Waals surface area contributed by atoms with Gasteiger partial charge in [-0.05, 0) is 50.2 Å². The number of nitrogens with zero attached hydrogens (tertiary/aromatic N) is 5. The van der Waals surface area contributed by atoms with Gasteiger partial charge in [0, 0.05) is 12.4 Å². The summed E-state index contributed by atoms with van der Waals surface area (Å²) >= 11 is 9.49. The van der Waals surface area contributed by atoms with Gasteiger partial charge in [-0.3, -0.25) is 4.90 Å². The molecule has 5 rings (SSSR count). The summed E-state index contributed by atoms with van der Waals surface area (Å²) in [5.41, 5.74) is 1.98. The number of hydrogen-bond acceptors (Lipinski definition) is 9. The molecule has 10 heteroatoms. The Morgan fingerprint density at radius 3 is 1.79 bits per heavy atom. The third-order valence-electron chi connectivity index (χ3n) is 5.34. The van der Waals surface area contributed by atoms with E-state index in [2.05, 4.69) is 26.8 Å². The Labute approximate surface area is 206 Å². The first-order valence-electron chi connectivity index (χ1n) is 11.0. The average molecular weight is 504 g/mol. The first-order chi connectivity index (χ1) is 16.2. The maximum absolute atomic E-state index is 6.11. The lowest BCUT2D eigenvalue weighted by molar-refractivity contribution is 0.255. The van der Waals surface area contributed by atoms with Crippen LogP contribution >= 0.6 is 34.3 Å². The first-order valence-corrected chi connectivity index (χ1v) is 13.2. The van der Waals surface area contributed by atoms with Crippen LogP contribution in [0.25, 0.3) is 20.4 Å². The van der Waals surface area contributed by atoms with Gasteiger partial charge in [-0.2, -0.15) is 0 Å². The van der Waals surface area contributed by atoms with Crippen LogP contribution in [0, 0.1) is 0 Å². The standard InChI is InChI=1S/C23H26ClN5O2S2/c1-3-30-16-5-7-18-20(11-16)32-22(25-18)28-13-27(10-9-24)14-29(15-28)23-26-19-8-6-17(31-4-2)12-21(19)33-23/h5-8,11-12H,3-4,9-10,13-15H2,1-2H3. The fourth-order valence-corrected chi connectivity index (χ4v) is 6.09. The van der Waals surface area contributed by atoms with E-state index >= 15 is 0 Å². The molecule has 0 spiro atoms. The maximum atomic E-state index is 6.11. The number of benzene rings is 2. The summed E-state index contributed by atoms with van der Waals surface area (Å²) in [4.78, 5) is 16.7. The molecule has 0 bridgehead atoms. The third-order valence-corrected chi connectivity index (χ3v) is 7.67. The number of halogens is 1. The number of alkyl halides is 1. The van der Waals surface area contributed by atoms with Gasteiger partial charge in [-0.1, -0.05) is 22.7 Å². The van der Waals surface area contributed by atoms with Crippen LogP contribution in [0.3, 0.4) is 0 Å². The molecule has 1 aliphatic rings. The molecule has 0 amide bonds. The third kappa shape index (κ3) is 4.82. The smallest absolute Gasteiger partial charge is 0.188 e. The summed E-state index contributed by atoms with van der Waals surface area (Å²) in [5.74, 6) is 2.34. The molecule has 33 heavy (non-hydrogen) atoms. The van der Waals surface area contributed by atoms with E-state index in [1.807, 2.05) is 38.1 Å². The molecule has 0 N–H and O–H groups in total. The molecule has 1 fully saturated rings. The highest BCUT2D eigenvalue weighted by Crippen LogP contribution is 2.35. The van der Waals surface area contributed by atoms with Crippen molar-refractivity contribution in [3.63, 3.8) is 0 Å². The van der Waals surface area contributed by atoms with Crippen molar-refractivity contribution in [2.24, 2.45) is 0 Å². The summed E-state index contributed by atoms with van der Waals surface area (Å²) in [6.45, 7) is 8.37. The fraction of sp³-hybridized carbons (Fsp3) is 0.391. The number of aromatic nitrogens is 2. The van der Waals surface area contributed by atoms with Gasteiger partial charge < -0.3 is 19.3 Å². The Balaban J connectivity index is 1.43. The molecule has 0 saturated carbocycles. The molecule has 3 heterocycles. The van der Waals surface area contributed by atoms with Crippen LogP contribution < -0.4 is 19.3 Å². The van der Waals surface area contributed by atoms with Gasteiger partial charge in [0.25, 0.3) is 0 Å². The lowest BCUT2D eigenvalue weighted by Gasteiger charge is -2.41. The molecule has 0 unspecified atom stereocenters. The van der Waals surface area contributed by atoms with Gasteiger partial charge in [0.05, 0.1) is 53.7 Å². The lowest BCUT2D eigenvalue weighted by Crippen LogP contribution is -2.55. The number of thiazole rings is 2. The Morgan fingerprint density at radius 1 is 0.818 bits per heavy atom. The molecule has 7 nitrogen and oxygen atoms in total. The molecule has 1 saturated heterocycles. The number of rotatable bonds is 8. The second kappa shape index (κ2) is 9.89. The average Bonchev–Trinajstić information content (AvgIpc) is 3.43. The van der Waals surface area contributed by atoms with Crippen molar-refractivity contribution in [3.05, 3.63) is 36.4 Å². The number of ether oxygens (including phenoxy) is 2. The Morgan fingerprint density at radius 2 is 1.33 bits per heavy atom. The van der Waals surface area contributed by atoms with E-state index in [4.69, 9.17) is 31.0 Å². The zero-order valence-corrected chi connectivity index (χ0v) is 21.0. The van der Waals surface area contributed by atoms with E-state index in [1.165, 1.54) is 0 Å². The van der Waals surface area contributed by atoms with Gasteiger partial charge in [0.2, 0.25) is 0 Å². The summed E-state index contributed by atoms with van der Waals surface area (Å²) in [7, 11) is 0. The fourth-order valence-electron chi connectivity index (χ4n) is 3.89. The van der Waals surface area contributed by atoms with Crippen LogP contribution in [0.4, 0.5) is 10.3 Å². The molecule has 174 valence electrons. The van der Waals surface area contributed by atoms with Crippen molar-refractivity contribution in [2.75, 3.05) is 55.4 Å². The zero-order chi connectivity index (χ0) is 22.8. The van der Waals surface area contributed by atoms with Crippen molar-refractivity contribution in [2.45, 2.75) is 13.8 Å². The van der Waals surface area contributed by atoms with E-state index in [1.54, 1.807) is 22.7 Å². The van der Waals surface area contributed by atoms with Gasteiger partial charge in [-0.25, -0.2) is 9.97 Å². The number of fused-ring (bicyclic) bond motifs is 2. The first kappa shape index (κ1) is 22.5. The molecular formula is C23H26ClN5O2S2. The van der Waals surface area contributed by atoms with Crippen LogP contribution in [-0.2, 0) is 0 Å². The van der Waals surface area contributed by atoms with E-state index in [-0.39, 0.29) is 0 Å². The second-order valence-electron chi connectivity index (χ2n) is 7.71. The van der Waals surface area contributed by atoms with Crippen LogP contribution in [-0.4, -0.2) is 60.5 Å². The van der Waals surface area contributed by atoms with E-state index in [0.717, 1.165) is 68.7 Å². The largest absolute Gasteiger partial charge is 0.494 e. The van der Waals surface area contributed by atoms with Gasteiger partial charge in [-0.15, -0.1) is 11.6 Å². The van der Waals surface area contributed by atoms with Crippen LogP contribution in [0.5, 0.6) is 11.5 Å². The lowest BCUT2D eigenvalue weighted by atomic mass is 10.3. The highest BCUT2D eigenvalue weighted by atomic mass is 35.5. The van der Waals surface area contributed by atoms with Crippen LogP contribution in [0.2, 0.25) is 0 Å². The molecular weight excluding hydrogens is 478 g/mol. The topological polar surface area (TPSA) is 54.0 Å². The summed E-state index contributed by atoms with van der Waals surface area (Å²) in [6.07, 6.45) is 0. The van der Waals surface area contributed by atoms with Crippen LogP contribution in [0.15, 0.2) is 36.4 Å². The van der Waals surface area contributed by atoms with E-state index in [9.17, 15) is 0 Å². The van der Waals surface area contributed by atoms with Crippen molar-refractivity contribution in [1.82, 2.24) is 14.9 Å². The minimum absolute atomic E-state index is 0.580. The summed E-state index contributed by atoms with van der Waals surface area (Å²) in [5, 5.41) is 1.98. The van der Waals surface area contributed by atoms with Crippen LogP contribution in [0.1, 0.15) is 13.8 Å². The van der Waals surface area contributed by atoms with Crippen molar-refractivity contribution < 1.29 is 9.47 Å². The molecule has 2 aromatic heterocycles. The zero-order valence-electron chi connectivity index (χ0n) is 18.7. The second-order valence-corrected chi connectivity index (χ2v) is 10.1. The molecule has 2 aromatic carbocycles. The quantitative estimate of drug-likeness (QED) is 0.296.